The van der Waals surface area contributed by atoms with Crippen LogP contribution in [0, 0.1) is 11.3 Å². The third kappa shape index (κ3) is 3.37. The van der Waals surface area contributed by atoms with E-state index >= 15 is 0 Å². The van der Waals surface area contributed by atoms with Crippen LogP contribution in [-0.2, 0) is 4.79 Å². The molecule has 0 saturated heterocycles. The van der Waals surface area contributed by atoms with Crippen LogP contribution in [0.5, 0.6) is 0 Å². The summed E-state index contributed by atoms with van der Waals surface area (Å²) in [7, 11) is 0. The molecule has 1 atom stereocenters. The summed E-state index contributed by atoms with van der Waals surface area (Å²) in [6.45, 7) is 0. The van der Waals surface area contributed by atoms with Gasteiger partial charge in [0.05, 0.1) is 17.7 Å². The lowest BCUT2D eigenvalue weighted by atomic mass is 10.0. The number of rotatable bonds is 4. The van der Waals surface area contributed by atoms with Gasteiger partial charge in [0.2, 0.25) is 0 Å². The number of aliphatic hydroxyl groups excluding tert-OH is 1. The second-order valence-electron chi connectivity index (χ2n) is 3.05. The van der Waals surface area contributed by atoms with Gasteiger partial charge in [0.25, 0.3) is 0 Å². The number of carbonyl (C=O) groups is 1. The van der Waals surface area contributed by atoms with E-state index in [1.54, 1.807) is 30.3 Å². The molecule has 1 aromatic carbocycles. The fourth-order valence-corrected chi connectivity index (χ4v) is 1.21. The predicted octanol–water partition coefficient (Wildman–Crippen LogP) is 1.74. The van der Waals surface area contributed by atoms with Gasteiger partial charge in [-0.15, -0.1) is 0 Å². The fourth-order valence-electron chi connectivity index (χ4n) is 1.21. The van der Waals surface area contributed by atoms with Gasteiger partial charge in [0, 0.05) is 0 Å². The van der Waals surface area contributed by atoms with Crippen LogP contribution >= 0.6 is 0 Å². The Labute approximate surface area is 88.3 Å². The number of nitrogens with zero attached hydrogens (tertiary/aromatic N) is 1. The van der Waals surface area contributed by atoms with Crippen molar-refractivity contribution < 1.29 is 9.90 Å². The van der Waals surface area contributed by atoms with E-state index in [1.807, 2.05) is 6.07 Å². The largest absolute Gasteiger partial charge is 0.388 e. The highest BCUT2D eigenvalue weighted by Crippen LogP contribution is 2.17. The van der Waals surface area contributed by atoms with Gasteiger partial charge >= 0.3 is 0 Å². The van der Waals surface area contributed by atoms with Crippen molar-refractivity contribution in [3.63, 3.8) is 0 Å². The minimum atomic E-state index is -0.672. The summed E-state index contributed by atoms with van der Waals surface area (Å²) >= 11 is 0. The highest BCUT2D eigenvalue weighted by molar-refractivity contribution is 5.64. The highest BCUT2D eigenvalue weighted by Gasteiger charge is 2.05. The van der Waals surface area contributed by atoms with E-state index in [0.29, 0.717) is 23.8 Å². The Morgan fingerprint density at radius 1 is 1.53 bits per heavy atom. The lowest BCUT2D eigenvalue weighted by Crippen LogP contribution is -1.95. The van der Waals surface area contributed by atoms with Gasteiger partial charge in [0.15, 0.2) is 0 Å². The number of hydrogen-bond acceptors (Lipinski definition) is 3. The first-order valence-electron chi connectivity index (χ1n) is 4.56. The van der Waals surface area contributed by atoms with E-state index in [2.05, 4.69) is 0 Å². The second kappa shape index (κ2) is 5.74. The minimum Gasteiger partial charge on any atom is -0.388 e. The topological polar surface area (TPSA) is 61.1 Å². The number of benzene rings is 1. The maximum Gasteiger partial charge on any atom is 0.142 e. The molecule has 1 rings (SSSR count). The molecule has 0 bridgehead atoms. The van der Waals surface area contributed by atoms with Crippen molar-refractivity contribution in [1.82, 2.24) is 0 Å². The predicted molar refractivity (Wildman–Crippen MR) is 55.9 cm³/mol. The number of allylic oxidation sites excluding steroid dienone is 1. The van der Waals surface area contributed by atoms with Crippen molar-refractivity contribution in [3.05, 3.63) is 47.5 Å². The van der Waals surface area contributed by atoms with E-state index in [4.69, 9.17) is 5.26 Å². The van der Waals surface area contributed by atoms with Crippen LogP contribution in [-0.4, -0.2) is 11.4 Å². The smallest absolute Gasteiger partial charge is 0.142 e. The van der Waals surface area contributed by atoms with Crippen LogP contribution in [0.15, 0.2) is 36.4 Å². The third-order valence-corrected chi connectivity index (χ3v) is 1.97. The fraction of sp³-hybridized carbons (Fsp3) is 0.167. The Hall–Kier alpha value is -1.92. The van der Waals surface area contributed by atoms with Crippen LogP contribution in [0.4, 0.5) is 0 Å². The van der Waals surface area contributed by atoms with Gasteiger partial charge < -0.3 is 5.11 Å². The summed E-state index contributed by atoms with van der Waals surface area (Å²) in [6, 6.07) is 8.79. The molecule has 1 unspecified atom stereocenters. The Morgan fingerprint density at radius 2 is 2.33 bits per heavy atom. The molecule has 0 amide bonds. The average molecular weight is 201 g/mol. The molecule has 0 saturated carbocycles. The number of aliphatic hydroxyl groups is 1. The molecule has 15 heavy (non-hydrogen) atoms. The zero-order valence-electron chi connectivity index (χ0n) is 8.13. The van der Waals surface area contributed by atoms with Crippen LogP contribution in [0.3, 0.4) is 0 Å². The van der Waals surface area contributed by atoms with E-state index in [9.17, 15) is 9.90 Å². The average Bonchev–Trinajstić information content (AvgIpc) is 2.29. The zero-order chi connectivity index (χ0) is 11.1. The summed E-state index contributed by atoms with van der Waals surface area (Å²) in [6.07, 6.45) is 3.30. The lowest BCUT2D eigenvalue weighted by molar-refractivity contribution is -0.104. The van der Waals surface area contributed by atoms with Gasteiger partial charge in [0.1, 0.15) is 6.29 Å². The molecule has 0 radical (unpaired) electrons. The summed E-state index contributed by atoms with van der Waals surface area (Å²) in [5.74, 6) is 0. The van der Waals surface area contributed by atoms with Gasteiger partial charge in [-0.25, -0.2) is 0 Å². The molecule has 0 aliphatic carbocycles. The van der Waals surface area contributed by atoms with E-state index in [0.717, 1.165) is 0 Å². The zero-order valence-corrected chi connectivity index (χ0v) is 8.13. The summed E-state index contributed by atoms with van der Waals surface area (Å²) in [5.41, 5.74) is 1.20. The van der Waals surface area contributed by atoms with Crippen molar-refractivity contribution in [3.8, 4) is 6.07 Å². The molecule has 0 aliphatic heterocycles. The monoisotopic (exact) mass is 201 g/mol. The van der Waals surface area contributed by atoms with Crippen LogP contribution in [0.1, 0.15) is 23.7 Å². The van der Waals surface area contributed by atoms with Crippen molar-refractivity contribution >= 4 is 6.29 Å². The Bertz CT molecular complexity index is 404. The number of aldehydes is 1. The molecule has 0 aliphatic rings. The molecular weight excluding hydrogens is 190 g/mol. The van der Waals surface area contributed by atoms with Crippen molar-refractivity contribution in [2.75, 3.05) is 0 Å². The SMILES string of the molecule is N#Cc1cccc(C(O)CC=CC=O)c1. The Morgan fingerprint density at radius 3 is 3.00 bits per heavy atom. The van der Waals surface area contributed by atoms with Gasteiger partial charge in [-0.1, -0.05) is 18.2 Å². The molecule has 3 nitrogen and oxygen atoms in total. The molecule has 0 fully saturated rings. The molecular formula is C12H11NO2. The van der Waals surface area contributed by atoms with Crippen molar-refractivity contribution in [1.29, 1.82) is 5.26 Å². The summed E-state index contributed by atoms with van der Waals surface area (Å²) in [4.78, 5) is 10.0. The molecule has 3 heteroatoms. The third-order valence-electron chi connectivity index (χ3n) is 1.97. The van der Waals surface area contributed by atoms with Gasteiger partial charge in [-0.3, -0.25) is 4.79 Å². The van der Waals surface area contributed by atoms with Crippen LogP contribution in [0.2, 0.25) is 0 Å². The van der Waals surface area contributed by atoms with E-state index < -0.39 is 6.10 Å². The molecule has 0 spiro atoms. The van der Waals surface area contributed by atoms with Gasteiger partial charge in [-0.2, -0.15) is 5.26 Å². The van der Waals surface area contributed by atoms with Gasteiger partial charge in [-0.05, 0) is 30.2 Å². The van der Waals surface area contributed by atoms with E-state index in [-0.39, 0.29) is 0 Å². The Balaban J connectivity index is 2.73. The minimum absolute atomic E-state index is 0.369. The first-order valence-corrected chi connectivity index (χ1v) is 4.56. The molecule has 1 aromatic rings. The molecule has 76 valence electrons. The first kappa shape index (κ1) is 11.2. The second-order valence-corrected chi connectivity index (χ2v) is 3.05. The first-order chi connectivity index (χ1) is 7.27. The number of nitriles is 1. The normalized spacial score (nSPS) is 12.3. The molecule has 0 heterocycles. The quantitative estimate of drug-likeness (QED) is 0.596. The van der Waals surface area contributed by atoms with E-state index in [1.165, 1.54) is 6.08 Å². The van der Waals surface area contributed by atoms with Crippen molar-refractivity contribution in [2.45, 2.75) is 12.5 Å². The summed E-state index contributed by atoms with van der Waals surface area (Å²) < 4.78 is 0. The maximum absolute atomic E-state index is 10.0. The number of carbonyl (C=O) groups excluding carboxylic acids is 1. The summed E-state index contributed by atoms with van der Waals surface area (Å²) in [5, 5.41) is 18.4. The standard InChI is InChI=1S/C12H11NO2/c13-9-10-4-3-5-11(8-10)12(15)6-1-2-7-14/h1-5,7-8,12,15H,6H2. The van der Waals surface area contributed by atoms with Crippen LogP contribution in [0.25, 0.3) is 0 Å². The van der Waals surface area contributed by atoms with Crippen molar-refractivity contribution in [2.24, 2.45) is 0 Å². The lowest BCUT2D eigenvalue weighted by Gasteiger charge is -2.07. The number of hydrogen-bond donors (Lipinski definition) is 1. The highest BCUT2D eigenvalue weighted by atomic mass is 16.3. The molecule has 1 N–H and O–H groups in total. The maximum atomic E-state index is 10.0. The van der Waals surface area contributed by atoms with Crippen LogP contribution < -0.4 is 0 Å². The molecule has 0 aromatic heterocycles. The Kier molecular flexibility index (Phi) is 4.27.